The lowest BCUT2D eigenvalue weighted by molar-refractivity contribution is 0.493. The highest BCUT2D eigenvalue weighted by atomic mass is 19.1. The molecule has 1 aliphatic heterocycles. The van der Waals surface area contributed by atoms with Crippen LogP contribution in [-0.2, 0) is 13.0 Å². The van der Waals surface area contributed by atoms with E-state index in [0.717, 1.165) is 12.3 Å². The number of rotatable bonds is 5. The van der Waals surface area contributed by atoms with Crippen molar-refractivity contribution in [3.63, 3.8) is 0 Å². The first kappa shape index (κ1) is 14.6. The van der Waals surface area contributed by atoms with Crippen molar-refractivity contribution < 1.29 is 4.39 Å². The van der Waals surface area contributed by atoms with Crippen LogP contribution in [0.25, 0.3) is 0 Å². The third kappa shape index (κ3) is 2.94. The number of hydrazine groups is 1. The Morgan fingerprint density at radius 3 is 2.87 bits per heavy atom. The number of H-pyrrole nitrogens is 1. The Morgan fingerprint density at radius 1 is 1.26 bits per heavy atom. The van der Waals surface area contributed by atoms with E-state index in [1.54, 1.807) is 22.8 Å². The molecule has 1 aromatic heterocycles. The second-order valence-electron chi connectivity index (χ2n) is 6.40. The van der Waals surface area contributed by atoms with Gasteiger partial charge in [-0.3, -0.25) is 9.99 Å². The number of nitrogens with zero attached hydrogens (tertiary/aromatic N) is 2. The van der Waals surface area contributed by atoms with Crippen molar-refractivity contribution in [2.75, 3.05) is 0 Å². The van der Waals surface area contributed by atoms with Crippen molar-refractivity contribution >= 4 is 0 Å². The molecule has 3 N–H and O–H groups in total. The summed E-state index contributed by atoms with van der Waals surface area (Å²) >= 11 is 0. The van der Waals surface area contributed by atoms with Gasteiger partial charge in [0.1, 0.15) is 5.82 Å². The first-order chi connectivity index (χ1) is 11.2. The van der Waals surface area contributed by atoms with Crippen LogP contribution in [0.15, 0.2) is 29.1 Å². The highest BCUT2D eigenvalue weighted by Crippen LogP contribution is 2.37. The lowest BCUT2D eigenvalue weighted by Crippen LogP contribution is -2.33. The lowest BCUT2D eigenvalue weighted by Gasteiger charge is -2.11. The SMILES string of the molecule is O=c1[nH]nc(C2CC(C3CC3)NN2)n1CCc1ccccc1F. The van der Waals surface area contributed by atoms with Crippen LogP contribution in [0.3, 0.4) is 0 Å². The normalized spacial score (nSPS) is 24.2. The van der Waals surface area contributed by atoms with Crippen LogP contribution in [0.1, 0.15) is 36.7 Å². The van der Waals surface area contributed by atoms with Gasteiger partial charge in [-0.15, -0.1) is 0 Å². The first-order valence-corrected chi connectivity index (χ1v) is 8.12. The minimum Gasteiger partial charge on any atom is -0.277 e. The van der Waals surface area contributed by atoms with Crippen LogP contribution < -0.4 is 16.5 Å². The van der Waals surface area contributed by atoms with Gasteiger partial charge >= 0.3 is 5.69 Å². The molecule has 0 bridgehead atoms. The van der Waals surface area contributed by atoms with Crippen LogP contribution >= 0.6 is 0 Å². The molecule has 122 valence electrons. The van der Waals surface area contributed by atoms with Gasteiger partial charge in [0.2, 0.25) is 0 Å². The van der Waals surface area contributed by atoms with E-state index in [9.17, 15) is 9.18 Å². The molecule has 2 heterocycles. The molecule has 1 saturated carbocycles. The Kier molecular flexibility index (Phi) is 3.74. The zero-order valence-corrected chi connectivity index (χ0v) is 12.8. The van der Waals surface area contributed by atoms with Crippen LogP contribution in [0.4, 0.5) is 4.39 Å². The summed E-state index contributed by atoms with van der Waals surface area (Å²) in [5, 5.41) is 6.70. The predicted octanol–water partition coefficient (Wildman–Crippen LogP) is 1.27. The Bertz CT molecular complexity index is 751. The molecule has 0 amide bonds. The fraction of sp³-hybridized carbons (Fsp3) is 0.500. The van der Waals surface area contributed by atoms with Gasteiger partial charge < -0.3 is 0 Å². The van der Waals surface area contributed by atoms with Crippen LogP contribution in [0, 0.1) is 11.7 Å². The summed E-state index contributed by atoms with van der Waals surface area (Å²) in [4.78, 5) is 12.0. The van der Waals surface area contributed by atoms with E-state index >= 15 is 0 Å². The minimum absolute atomic E-state index is 0.0140. The zero-order chi connectivity index (χ0) is 15.8. The quantitative estimate of drug-likeness (QED) is 0.776. The number of halogens is 1. The van der Waals surface area contributed by atoms with Gasteiger partial charge in [-0.25, -0.2) is 19.7 Å². The zero-order valence-electron chi connectivity index (χ0n) is 12.8. The fourth-order valence-electron chi connectivity index (χ4n) is 3.30. The van der Waals surface area contributed by atoms with E-state index in [-0.39, 0.29) is 17.5 Å². The molecule has 4 rings (SSSR count). The summed E-state index contributed by atoms with van der Waals surface area (Å²) in [6, 6.07) is 7.13. The maximum Gasteiger partial charge on any atom is 0.343 e. The molecule has 2 atom stereocenters. The predicted molar refractivity (Wildman–Crippen MR) is 83.1 cm³/mol. The largest absolute Gasteiger partial charge is 0.343 e. The van der Waals surface area contributed by atoms with Crippen LogP contribution in [-0.4, -0.2) is 20.8 Å². The fourth-order valence-corrected chi connectivity index (χ4v) is 3.30. The van der Waals surface area contributed by atoms with Crippen LogP contribution in [0.5, 0.6) is 0 Å². The summed E-state index contributed by atoms with van der Waals surface area (Å²) in [7, 11) is 0. The number of hydrogen-bond acceptors (Lipinski definition) is 4. The summed E-state index contributed by atoms with van der Waals surface area (Å²) in [6.45, 7) is 0.415. The molecule has 2 aliphatic rings. The molecule has 23 heavy (non-hydrogen) atoms. The standard InChI is InChI=1S/C16H20FN5O/c17-12-4-2-1-3-10(12)7-8-22-15(20-21-16(22)23)14-9-13(18-19-14)11-5-6-11/h1-4,11,13-14,18-19H,5-9H2,(H,21,23). The molecule has 0 spiro atoms. The highest BCUT2D eigenvalue weighted by Gasteiger charge is 2.38. The number of hydrogen-bond donors (Lipinski definition) is 3. The smallest absolute Gasteiger partial charge is 0.277 e. The van der Waals surface area contributed by atoms with E-state index < -0.39 is 0 Å². The summed E-state index contributed by atoms with van der Waals surface area (Å²) in [5.41, 5.74) is 6.92. The average molecular weight is 317 g/mol. The number of aromatic amines is 1. The van der Waals surface area contributed by atoms with Gasteiger partial charge in [0.15, 0.2) is 5.82 Å². The summed E-state index contributed by atoms with van der Waals surface area (Å²) < 4.78 is 15.3. The molecular formula is C16H20FN5O. The van der Waals surface area contributed by atoms with Gasteiger partial charge in [0.25, 0.3) is 0 Å². The third-order valence-corrected chi connectivity index (χ3v) is 4.79. The van der Waals surface area contributed by atoms with E-state index in [1.807, 2.05) is 0 Å². The first-order valence-electron chi connectivity index (χ1n) is 8.12. The van der Waals surface area contributed by atoms with Crippen molar-refractivity contribution in [2.24, 2.45) is 5.92 Å². The number of aryl methyl sites for hydroxylation is 1. The van der Waals surface area contributed by atoms with E-state index in [0.29, 0.717) is 30.4 Å². The molecule has 1 aliphatic carbocycles. The lowest BCUT2D eigenvalue weighted by atomic mass is 10.1. The summed E-state index contributed by atoms with van der Waals surface area (Å²) in [6.07, 6.45) is 3.93. The van der Waals surface area contributed by atoms with Gasteiger partial charge in [0, 0.05) is 12.6 Å². The Labute approximate surface area is 133 Å². The molecule has 7 heteroatoms. The number of nitrogens with one attached hydrogen (secondary N) is 3. The molecule has 1 saturated heterocycles. The van der Waals surface area contributed by atoms with Gasteiger partial charge in [-0.05, 0) is 43.2 Å². The highest BCUT2D eigenvalue weighted by molar-refractivity contribution is 5.17. The number of benzene rings is 1. The van der Waals surface area contributed by atoms with E-state index in [4.69, 9.17) is 0 Å². The topological polar surface area (TPSA) is 74.7 Å². The van der Waals surface area contributed by atoms with Crippen molar-refractivity contribution in [1.29, 1.82) is 0 Å². The molecular weight excluding hydrogens is 297 g/mol. The molecule has 2 unspecified atom stereocenters. The van der Waals surface area contributed by atoms with Gasteiger partial charge in [-0.1, -0.05) is 18.2 Å². The molecule has 0 radical (unpaired) electrons. The Hall–Kier alpha value is -1.99. The molecule has 1 aromatic carbocycles. The van der Waals surface area contributed by atoms with E-state index in [2.05, 4.69) is 21.0 Å². The van der Waals surface area contributed by atoms with Crippen molar-refractivity contribution in [2.45, 2.75) is 44.3 Å². The Balaban J connectivity index is 1.49. The second kappa shape index (κ2) is 5.90. The molecule has 2 aromatic rings. The molecule has 2 fully saturated rings. The monoisotopic (exact) mass is 317 g/mol. The number of aromatic nitrogens is 3. The van der Waals surface area contributed by atoms with Crippen molar-refractivity contribution in [3.05, 3.63) is 52.0 Å². The minimum atomic E-state index is -0.243. The molecule has 6 nitrogen and oxygen atoms in total. The van der Waals surface area contributed by atoms with Crippen LogP contribution in [0.2, 0.25) is 0 Å². The van der Waals surface area contributed by atoms with Crippen molar-refractivity contribution in [3.8, 4) is 0 Å². The van der Waals surface area contributed by atoms with E-state index in [1.165, 1.54) is 18.9 Å². The van der Waals surface area contributed by atoms with Crippen molar-refractivity contribution in [1.82, 2.24) is 25.6 Å². The maximum atomic E-state index is 13.7. The second-order valence-corrected chi connectivity index (χ2v) is 6.40. The average Bonchev–Trinajstić information content (AvgIpc) is 3.17. The third-order valence-electron chi connectivity index (χ3n) is 4.79. The van der Waals surface area contributed by atoms with Gasteiger partial charge in [-0.2, -0.15) is 5.10 Å². The van der Waals surface area contributed by atoms with Gasteiger partial charge in [0.05, 0.1) is 6.04 Å². The Morgan fingerprint density at radius 2 is 2.09 bits per heavy atom. The summed E-state index contributed by atoms with van der Waals surface area (Å²) in [5.74, 6) is 1.20. The maximum absolute atomic E-state index is 13.7.